The van der Waals surface area contributed by atoms with E-state index in [1.165, 1.54) is 96.0 Å². The molecule has 0 nitrogen and oxygen atoms in total. The Morgan fingerprint density at radius 3 is 2.00 bits per heavy atom. The van der Waals surface area contributed by atoms with E-state index in [-0.39, 0.29) is 0 Å². The Bertz CT molecular complexity index is 2810. The highest BCUT2D eigenvalue weighted by molar-refractivity contribution is 7.17. The molecule has 1 aliphatic rings. The molecule has 0 saturated heterocycles. The van der Waals surface area contributed by atoms with E-state index in [0.29, 0.717) is 0 Å². The summed E-state index contributed by atoms with van der Waals surface area (Å²) in [5, 5.41) is 13.5. The van der Waals surface area contributed by atoms with Crippen LogP contribution in [0.3, 0.4) is 0 Å². The molecule has 0 N–H and O–H groups in total. The molecule has 0 unspecified atom stereocenters. The van der Waals surface area contributed by atoms with Gasteiger partial charge >= 0.3 is 0 Å². The van der Waals surface area contributed by atoms with Crippen LogP contribution >= 0.6 is 11.3 Å². The monoisotopic (exact) mass is 632 g/mol. The molecule has 0 amide bonds. The highest BCUT2D eigenvalue weighted by Crippen LogP contribution is 2.34. The Labute approximate surface area is 284 Å². The largest absolute Gasteiger partial charge is 0.135 e. The van der Waals surface area contributed by atoms with E-state index in [1.54, 1.807) is 0 Å². The van der Waals surface area contributed by atoms with Gasteiger partial charge in [-0.05, 0) is 114 Å². The topological polar surface area (TPSA) is 0 Å². The van der Waals surface area contributed by atoms with Gasteiger partial charge in [0, 0.05) is 14.6 Å². The van der Waals surface area contributed by atoms with Gasteiger partial charge < -0.3 is 0 Å². The summed E-state index contributed by atoms with van der Waals surface area (Å²) < 4.78 is 2.82. The van der Waals surface area contributed by atoms with E-state index >= 15 is 0 Å². The summed E-state index contributed by atoms with van der Waals surface area (Å²) in [6.07, 6.45) is 10.4. The van der Waals surface area contributed by atoms with Crippen molar-refractivity contribution in [1.82, 2.24) is 0 Å². The third-order valence-electron chi connectivity index (χ3n) is 10.2. The van der Waals surface area contributed by atoms with Gasteiger partial charge in [-0.1, -0.05) is 146 Å². The van der Waals surface area contributed by atoms with Crippen LogP contribution in [0.5, 0.6) is 0 Å². The van der Waals surface area contributed by atoms with Crippen molar-refractivity contribution in [3.8, 4) is 22.3 Å². The van der Waals surface area contributed by atoms with Crippen molar-refractivity contribution in [1.29, 1.82) is 0 Å². The second kappa shape index (κ2) is 11.8. The van der Waals surface area contributed by atoms with Crippen molar-refractivity contribution < 1.29 is 0 Å². The highest BCUT2D eigenvalue weighted by Gasteiger charge is 2.20. The summed E-state index contributed by atoms with van der Waals surface area (Å²) in [7, 11) is 0. The van der Waals surface area contributed by atoms with Gasteiger partial charge in [-0.15, -0.1) is 11.3 Å². The Hall–Kier alpha value is -5.24. The van der Waals surface area contributed by atoms with Gasteiger partial charge in [0.15, 0.2) is 0 Å². The molecule has 0 radical (unpaired) electrons. The molecular weight excluding hydrogens is 597 g/mol. The first-order chi connectivity index (χ1) is 23.7. The van der Waals surface area contributed by atoms with Gasteiger partial charge in [-0.3, -0.25) is 0 Å². The Kier molecular flexibility index (Phi) is 7.10. The second-order valence-corrected chi connectivity index (χ2v) is 13.9. The Balaban J connectivity index is 1.33. The summed E-state index contributed by atoms with van der Waals surface area (Å²) >= 11 is 1.97. The van der Waals surface area contributed by atoms with Gasteiger partial charge in [-0.25, -0.2) is 0 Å². The van der Waals surface area contributed by atoms with Crippen molar-refractivity contribution in [2.75, 3.05) is 0 Å². The predicted molar refractivity (Wildman–Crippen MR) is 211 cm³/mol. The minimum Gasteiger partial charge on any atom is -0.135 e. The lowest BCUT2D eigenvalue weighted by molar-refractivity contribution is 1.09. The zero-order valence-corrected chi connectivity index (χ0v) is 28.2. The van der Waals surface area contributed by atoms with Crippen LogP contribution in [0.25, 0.3) is 88.5 Å². The van der Waals surface area contributed by atoms with Crippen molar-refractivity contribution in [3.63, 3.8) is 0 Å². The van der Waals surface area contributed by atoms with E-state index < -0.39 is 0 Å². The maximum atomic E-state index is 2.49. The molecule has 0 saturated carbocycles. The number of fused-ring (bicyclic) bond motifs is 7. The fourth-order valence-corrected chi connectivity index (χ4v) is 9.45. The van der Waals surface area contributed by atoms with Gasteiger partial charge in [0.05, 0.1) is 0 Å². The van der Waals surface area contributed by atoms with E-state index in [4.69, 9.17) is 0 Å². The molecule has 1 aliphatic carbocycles. The van der Waals surface area contributed by atoms with E-state index in [9.17, 15) is 0 Å². The smallest absolute Gasteiger partial charge is 0.0390 e. The quantitative estimate of drug-likeness (QED) is 0.181. The van der Waals surface area contributed by atoms with Crippen LogP contribution in [0, 0.1) is 0 Å². The van der Waals surface area contributed by atoms with Crippen molar-refractivity contribution in [2.45, 2.75) is 33.1 Å². The normalized spacial score (nSPS) is 13.9. The predicted octanol–water partition coefficient (Wildman–Crippen LogP) is 10.5. The first-order valence-electron chi connectivity index (χ1n) is 17.2. The van der Waals surface area contributed by atoms with Crippen LogP contribution in [0.2, 0.25) is 0 Å². The van der Waals surface area contributed by atoms with Crippen molar-refractivity contribution in [3.05, 3.63) is 153 Å². The molecule has 0 fully saturated rings. The average Bonchev–Trinajstić information content (AvgIpc) is 3.54. The molecule has 1 heteroatoms. The molecule has 48 heavy (non-hydrogen) atoms. The summed E-state index contributed by atoms with van der Waals surface area (Å²) in [6.45, 7) is 4.49. The summed E-state index contributed by atoms with van der Waals surface area (Å²) in [6, 6.07) is 47.2. The van der Waals surface area contributed by atoms with Crippen LogP contribution in [0.1, 0.15) is 38.7 Å². The average molecular weight is 633 g/mol. The molecule has 0 bridgehead atoms. The fraction of sp³-hybridized carbons (Fsp3) is 0.106. The molecule has 0 aliphatic heterocycles. The van der Waals surface area contributed by atoms with Crippen LogP contribution in [-0.4, -0.2) is 0 Å². The van der Waals surface area contributed by atoms with E-state index in [1.807, 2.05) is 11.3 Å². The molecule has 8 aromatic rings. The highest BCUT2D eigenvalue weighted by atomic mass is 32.1. The number of hydrogen-bond donors (Lipinski definition) is 0. The maximum Gasteiger partial charge on any atom is 0.0390 e. The van der Waals surface area contributed by atoms with Gasteiger partial charge in [-0.2, -0.15) is 0 Å². The zero-order chi connectivity index (χ0) is 32.2. The molecule has 1 aromatic heterocycles. The molecule has 7 aromatic carbocycles. The Morgan fingerprint density at radius 2 is 1.25 bits per heavy atom. The molecular formula is C47H36S. The summed E-state index contributed by atoms with van der Waals surface area (Å²) in [5.74, 6) is 0. The van der Waals surface area contributed by atoms with Gasteiger partial charge in [0.2, 0.25) is 0 Å². The number of benzene rings is 7. The second-order valence-electron chi connectivity index (χ2n) is 12.9. The maximum absolute atomic E-state index is 2.49. The Morgan fingerprint density at radius 1 is 0.604 bits per heavy atom. The van der Waals surface area contributed by atoms with Crippen LogP contribution < -0.4 is 20.2 Å². The first kappa shape index (κ1) is 28.9. The van der Waals surface area contributed by atoms with Crippen molar-refractivity contribution in [2.24, 2.45) is 0 Å². The lowest BCUT2D eigenvalue weighted by atomic mass is 9.85. The molecule has 0 atom stereocenters. The summed E-state index contributed by atoms with van der Waals surface area (Å²) in [5.41, 5.74) is 8.03. The molecule has 1 heterocycles. The van der Waals surface area contributed by atoms with Crippen LogP contribution in [-0.2, 0) is 0 Å². The van der Waals surface area contributed by atoms with E-state index in [2.05, 4.69) is 159 Å². The number of rotatable bonds is 4. The van der Waals surface area contributed by atoms with Crippen LogP contribution in [0.15, 0.2) is 127 Å². The van der Waals surface area contributed by atoms with E-state index in [0.717, 1.165) is 19.3 Å². The minimum absolute atomic E-state index is 0.975. The lowest BCUT2D eigenvalue weighted by Gasteiger charge is -2.19. The zero-order valence-electron chi connectivity index (χ0n) is 27.4. The molecule has 230 valence electrons. The van der Waals surface area contributed by atoms with Crippen LogP contribution in [0.4, 0.5) is 0 Å². The number of thiophene rings is 1. The van der Waals surface area contributed by atoms with Gasteiger partial charge in [0.1, 0.15) is 0 Å². The molecule has 0 spiro atoms. The third-order valence-corrected chi connectivity index (χ3v) is 11.4. The van der Waals surface area contributed by atoms with Crippen molar-refractivity contribution >= 4 is 77.5 Å². The fourth-order valence-electron chi connectivity index (χ4n) is 8.15. The first-order valence-corrected chi connectivity index (χ1v) is 18.0. The molecule has 9 rings (SSSR count). The standard InChI is InChI=1S/C47H36S/c1-3-13-38-34(4-2)45(41-22-12-23-42-46-37-18-8-6-15-31(37)28-29-43(46)48-47(41)42)40-20-10-9-19-39(40)44(38)33-26-24-32(25-27-33)36-21-11-16-30-14-5-7-17-35(30)36/h4-11,13-21,23-29H,3,12,22H2,1-2H3/b34-4+,38-13+. The lowest BCUT2D eigenvalue weighted by Crippen LogP contribution is -2.34. The van der Waals surface area contributed by atoms with Gasteiger partial charge in [0.25, 0.3) is 0 Å². The minimum atomic E-state index is 0.975. The SMILES string of the molecule is C/C=c1/c(C2=c3sc4ccc5ccccc5c4c3=CCC2)c2ccccc2c(-c2ccc(-c3cccc4ccccc34)cc2)/c1=C/CC. The number of hydrogen-bond acceptors (Lipinski definition) is 1. The summed E-state index contributed by atoms with van der Waals surface area (Å²) in [4.78, 5) is 0. The third kappa shape index (κ3) is 4.49.